The monoisotopic (exact) mass is 396 g/mol. The van der Waals surface area contributed by atoms with Gasteiger partial charge in [0.25, 0.3) is 0 Å². The van der Waals surface area contributed by atoms with E-state index < -0.39 is 32.7 Å². The standard InChI is InChI=1S/C20H16N2O7/c23-18-6-4-12(10-16(18)21(26)27)8-14-2-1-3-15(20(14)25)9-13-5-7-19(24)17(11-13)22(28)29/h4-11,23-24H,1-3H2/b14-8+,15-9+. The molecule has 2 aromatic rings. The lowest BCUT2D eigenvalue weighted by molar-refractivity contribution is -0.386. The number of allylic oxidation sites excluding steroid dienone is 2. The normalized spacial score (nSPS) is 16.9. The second kappa shape index (κ2) is 7.93. The maximum absolute atomic E-state index is 12.8. The number of phenols is 2. The molecule has 2 aromatic carbocycles. The van der Waals surface area contributed by atoms with Gasteiger partial charge in [-0.3, -0.25) is 25.0 Å². The molecule has 0 amide bonds. The van der Waals surface area contributed by atoms with E-state index in [1.807, 2.05) is 0 Å². The number of rotatable bonds is 4. The predicted octanol–water partition coefficient (Wildman–Crippen LogP) is 4.13. The average molecular weight is 396 g/mol. The van der Waals surface area contributed by atoms with Crippen LogP contribution in [0.1, 0.15) is 30.4 Å². The molecule has 0 aliphatic heterocycles. The van der Waals surface area contributed by atoms with Crippen molar-refractivity contribution < 1.29 is 24.9 Å². The van der Waals surface area contributed by atoms with E-state index in [0.29, 0.717) is 41.5 Å². The van der Waals surface area contributed by atoms with Crippen molar-refractivity contribution in [2.75, 3.05) is 0 Å². The van der Waals surface area contributed by atoms with Gasteiger partial charge in [-0.2, -0.15) is 0 Å². The van der Waals surface area contributed by atoms with Crippen molar-refractivity contribution in [3.8, 4) is 11.5 Å². The lowest BCUT2D eigenvalue weighted by Crippen LogP contribution is -2.12. The third kappa shape index (κ3) is 4.29. The summed E-state index contributed by atoms with van der Waals surface area (Å²) in [6.07, 6.45) is 4.73. The van der Waals surface area contributed by atoms with Gasteiger partial charge in [-0.1, -0.05) is 12.1 Å². The predicted molar refractivity (Wildman–Crippen MR) is 104 cm³/mol. The molecule has 0 radical (unpaired) electrons. The summed E-state index contributed by atoms with van der Waals surface area (Å²) < 4.78 is 0. The van der Waals surface area contributed by atoms with Crippen LogP contribution in [-0.2, 0) is 4.79 Å². The van der Waals surface area contributed by atoms with Crippen LogP contribution in [0.3, 0.4) is 0 Å². The van der Waals surface area contributed by atoms with Crippen LogP contribution >= 0.6 is 0 Å². The molecule has 1 aliphatic carbocycles. The summed E-state index contributed by atoms with van der Waals surface area (Å²) in [6, 6.07) is 7.73. The molecular formula is C20H16N2O7. The number of carbonyl (C=O) groups excluding carboxylic acids is 1. The second-order valence-corrected chi connectivity index (χ2v) is 6.53. The summed E-state index contributed by atoms with van der Waals surface area (Å²) in [5.41, 5.74) is 0.842. The van der Waals surface area contributed by atoms with Gasteiger partial charge >= 0.3 is 11.4 Å². The maximum atomic E-state index is 12.8. The van der Waals surface area contributed by atoms with Crippen LogP contribution in [0, 0.1) is 20.2 Å². The van der Waals surface area contributed by atoms with Crippen molar-refractivity contribution in [2.24, 2.45) is 0 Å². The van der Waals surface area contributed by atoms with Gasteiger partial charge in [0, 0.05) is 23.3 Å². The third-order valence-electron chi connectivity index (χ3n) is 4.55. The molecule has 0 unspecified atom stereocenters. The van der Waals surface area contributed by atoms with Crippen molar-refractivity contribution in [1.82, 2.24) is 0 Å². The van der Waals surface area contributed by atoms with Gasteiger partial charge in [0.2, 0.25) is 0 Å². The summed E-state index contributed by atoms with van der Waals surface area (Å²) in [6.45, 7) is 0. The van der Waals surface area contributed by atoms with Crippen LogP contribution in [0.2, 0.25) is 0 Å². The van der Waals surface area contributed by atoms with Gasteiger partial charge in [-0.05, 0) is 54.7 Å². The van der Waals surface area contributed by atoms with Crippen molar-refractivity contribution in [2.45, 2.75) is 19.3 Å². The second-order valence-electron chi connectivity index (χ2n) is 6.53. The minimum absolute atomic E-state index is 0.247. The average Bonchev–Trinajstić information content (AvgIpc) is 2.67. The number of nitrogens with zero attached hydrogens (tertiary/aromatic N) is 2. The number of Topliss-reactive ketones (excluding diaryl/α,β-unsaturated/α-hetero) is 1. The molecule has 0 bridgehead atoms. The Kier molecular flexibility index (Phi) is 5.40. The van der Waals surface area contributed by atoms with E-state index >= 15 is 0 Å². The first-order chi connectivity index (χ1) is 13.8. The van der Waals surface area contributed by atoms with Crippen LogP contribution < -0.4 is 0 Å². The van der Waals surface area contributed by atoms with Gasteiger partial charge in [-0.15, -0.1) is 0 Å². The SMILES string of the molecule is O=C1/C(=C/c2ccc(O)c([N+](=O)[O-])c2)CCC/C1=C\c1ccc(O)c([N+](=O)[O-])c1. The molecule has 29 heavy (non-hydrogen) atoms. The Bertz CT molecular complexity index is 1000. The van der Waals surface area contributed by atoms with E-state index in [4.69, 9.17) is 0 Å². The molecule has 1 saturated carbocycles. The Hall–Kier alpha value is -4.01. The number of phenolic OH excluding ortho intramolecular Hbond substituents is 2. The van der Waals surface area contributed by atoms with Crippen molar-refractivity contribution in [3.63, 3.8) is 0 Å². The molecule has 0 heterocycles. The van der Waals surface area contributed by atoms with Gasteiger partial charge in [0.1, 0.15) is 0 Å². The van der Waals surface area contributed by atoms with Gasteiger partial charge in [0.15, 0.2) is 17.3 Å². The largest absolute Gasteiger partial charge is 0.502 e. The number of benzene rings is 2. The lowest BCUT2D eigenvalue weighted by Gasteiger charge is -2.16. The Morgan fingerprint density at radius 3 is 1.59 bits per heavy atom. The Morgan fingerprint density at radius 1 is 0.793 bits per heavy atom. The zero-order chi connectivity index (χ0) is 21.1. The maximum Gasteiger partial charge on any atom is 0.311 e. The summed E-state index contributed by atoms with van der Waals surface area (Å²) in [5.74, 6) is -1.16. The molecule has 148 valence electrons. The summed E-state index contributed by atoms with van der Waals surface area (Å²) in [4.78, 5) is 33.3. The Labute approximate surface area is 164 Å². The number of ketones is 1. The zero-order valence-corrected chi connectivity index (χ0v) is 15.1. The molecule has 9 nitrogen and oxygen atoms in total. The third-order valence-corrected chi connectivity index (χ3v) is 4.55. The number of hydrogen-bond acceptors (Lipinski definition) is 7. The molecule has 3 rings (SSSR count). The first-order valence-electron chi connectivity index (χ1n) is 8.67. The van der Waals surface area contributed by atoms with Crippen LogP contribution in [-0.4, -0.2) is 25.8 Å². The highest BCUT2D eigenvalue weighted by Crippen LogP contribution is 2.32. The molecule has 0 atom stereocenters. The summed E-state index contributed by atoms with van der Waals surface area (Å²) in [5, 5.41) is 41.0. The number of aromatic hydroxyl groups is 2. The van der Waals surface area contributed by atoms with Crippen LogP contribution in [0.4, 0.5) is 11.4 Å². The van der Waals surface area contributed by atoms with Crippen molar-refractivity contribution in [1.29, 1.82) is 0 Å². The van der Waals surface area contributed by atoms with E-state index in [9.17, 15) is 35.2 Å². The highest BCUT2D eigenvalue weighted by atomic mass is 16.6. The van der Waals surface area contributed by atoms with Crippen LogP contribution in [0.25, 0.3) is 12.2 Å². The topological polar surface area (TPSA) is 144 Å². The summed E-state index contributed by atoms with van der Waals surface area (Å²) >= 11 is 0. The van der Waals surface area contributed by atoms with E-state index in [2.05, 4.69) is 0 Å². The minimum Gasteiger partial charge on any atom is -0.502 e. The van der Waals surface area contributed by atoms with E-state index in [1.54, 1.807) is 12.2 Å². The van der Waals surface area contributed by atoms with Gasteiger partial charge in [-0.25, -0.2) is 0 Å². The Morgan fingerprint density at radius 2 is 1.21 bits per heavy atom. The smallest absolute Gasteiger partial charge is 0.311 e. The van der Waals surface area contributed by atoms with E-state index in [-0.39, 0.29) is 5.78 Å². The van der Waals surface area contributed by atoms with Gasteiger partial charge < -0.3 is 10.2 Å². The number of nitro groups is 2. The summed E-state index contributed by atoms with van der Waals surface area (Å²) in [7, 11) is 0. The molecule has 0 spiro atoms. The number of carbonyl (C=O) groups is 1. The first kappa shape index (κ1) is 19.7. The van der Waals surface area contributed by atoms with Crippen molar-refractivity contribution >= 4 is 29.3 Å². The van der Waals surface area contributed by atoms with E-state index in [1.165, 1.54) is 36.4 Å². The Balaban J connectivity index is 1.93. The van der Waals surface area contributed by atoms with Crippen LogP contribution in [0.5, 0.6) is 11.5 Å². The lowest BCUT2D eigenvalue weighted by atomic mass is 9.86. The molecule has 1 aliphatic rings. The zero-order valence-electron chi connectivity index (χ0n) is 15.1. The van der Waals surface area contributed by atoms with E-state index in [0.717, 1.165) is 0 Å². The molecule has 1 fully saturated rings. The first-order valence-corrected chi connectivity index (χ1v) is 8.67. The molecule has 0 saturated heterocycles. The fourth-order valence-corrected chi connectivity index (χ4v) is 3.13. The molecule has 0 aromatic heterocycles. The number of nitro benzene ring substituents is 2. The highest BCUT2D eigenvalue weighted by Gasteiger charge is 2.22. The highest BCUT2D eigenvalue weighted by molar-refractivity contribution is 6.14. The molecule has 2 N–H and O–H groups in total. The quantitative estimate of drug-likeness (QED) is 0.449. The van der Waals surface area contributed by atoms with Crippen LogP contribution in [0.15, 0.2) is 47.5 Å². The number of hydrogen-bond donors (Lipinski definition) is 2. The molecular weight excluding hydrogens is 380 g/mol. The van der Waals surface area contributed by atoms with Crippen molar-refractivity contribution in [3.05, 3.63) is 78.9 Å². The molecule has 9 heteroatoms. The fourth-order valence-electron chi connectivity index (χ4n) is 3.13. The fraction of sp³-hybridized carbons (Fsp3) is 0.150. The van der Waals surface area contributed by atoms with Gasteiger partial charge in [0.05, 0.1) is 9.85 Å². The minimum atomic E-state index is -0.705.